The molecule has 63 heavy (non-hydrogen) atoms. The molecule has 0 rings (SSSR count). The Morgan fingerprint density at radius 2 is 0.571 bits per heavy atom. The summed E-state index contributed by atoms with van der Waals surface area (Å²) in [6.07, 6.45) is 67.7. The van der Waals surface area contributed by atoms with Crippen LogP contribution in [0.15, 0.2) is 109 Å². The Labute approximate surface area is 387 Å². The topological polar surface area (TPSA) is 78.9 Å². The van der Waals surface area contributed by atoms with Crippen molar-refractivity contribution in [3.05, 3.63) is 109 Å². The van der Waals surface area contributed by atoms with Gasteiger partial charge < -0.3 is 14.2 Å². The molecule has 6 heteroatoms. The van der Waals surface area contributed by atoms with Gasteiger partial charge in [-0.3, -0.25) is 14.4 Å². The number of carbonyl (C=O) groups excluding carboxylic acids is 3. The maximum atomic E-state index is 12.8. The zero-order valence-electron chi connectivity index (χ0n) is 40.5. The molecule has 0 aromatic heterocycles. The molecule has 356 valence electrons. The van der Waals surface area contributed by atoms with E-state index in [9.17, 15) is 14.4 Å². The van der Waals surface area contributed by atoms with Crippen LogP contribution in [0.1, 0.15) is 213 Å². The number of carbonyl (C=O) groups is 3. The van der Waals surface area contributed by atoms with Crippen molar-refractivity contribution >= 4 is 17.9 Å². The summed E-state index contributed by atoms with van der Waals surface area (Å²) in [4.78, 5) is 38.0. The summed E-state index contributed by atoms with van der Waals surface area (Å²) in [5, 5.41) is 0. The normalized spacial score (nSPS) is 12.6. The van der Waals surface area contributed by atoms with Gasteiger partial charge in [-0.15, -0.1) is 0 Å². The molecule has 0 radical (unpaired) electrons. The van der Waals surface area contributed by atoms with Gasteiger partial charge in [0.05, 0.1) is 0 Å². The van der Waals surface area contributed by atoms with Crippen molar-refractivity contribution in [3.63, 3.8) is 0 Å². The molecule has 6 nitrogen and oxygen atoms in total. The monoisotopic (exact) mass is 873 g/mol. The highest BCUT2D eigenvalue weighted by atomic mass is 16.6. The SMILES string of the molecule is CCCC/C=C/C=C/C=C\CCCCCCCC(=O)OCC(COC(=O)CCCCCCC\C=C/C=C/C=C/CCCC)OC(=O)CCCCCCC\C=C/C=C/C=C/CCCC. The standard InChI is InChI=1S/C57H92O6/c1-4-7-10-13-16-19-22-25-28-31-34-37-40-43-46-49-55(58)61-52-54(63-57(60)51-48-45-42-39-36-33-30-27-24-21-18-15-12-9-6-3)53-62-56(59)50-47-44-41-38-35-32-29-26-23-20-17-14-11-8-5-2/h13-30,54H,4-12,31-53H2,1-3H3/b16-13+,17-14+,18-15+,22-19+,23-20+,24-21+,28-25-,29-26-,30-27-. The van der Waals surface area contributed by atoms with E-state index < -0.39 is 6.10 Å². The van der Waals surface area contributed by atoms with E-state index in [4.69, 9.17) is 14.2 Å². The fraction of sp³-hybridized carbons (Fsp3) is 0.632. The zero-order valence-corrected chi connectivity index (χ0v) is 40.5. The molecule has 0 heterocycles. The first-order valence-corrected chi connectivity index (χ1v) is 25.5. The van der Waals surface area contributed by atoms with Crippen molar-refractivity contribution < 1.29 is 28.6 Å². The highest BCUT2D eigenvalue weighted by Crippen LogP contribution is 2.13. The van der Waals surface area contributed by atoms with Crippen LogP contribution in [-0.2, 0) is 28.6 Å². The van der Waals surface area contributed by atoms with Gasteiger partial charge >= 0.3 is 17.9 Å². The molecule has 0 aliphatic rings. The first kappa shape index (κ1) is 59.1. The molecule has 0 amide bonds. The van der Waals surface area contributed by atoms with Crippen LogP contribution in [0.2, 0.25) is 0 Å². The van der Waals surface area contributed by atoms with Gasteiger partial charge in [-0.05, 0) is 77.0 Å². The Hall–Kier alpha value is -3.93. The minimum absolute atomic E-state index is 0.106. The maximum absolute atomic E-state index is 12.8. The third kappa shape index (κ3) is 49.0. The van der Waals surface area contributed by atoms with Gasteiger partial charge in [-0.25, -0.2) is 0 Å². The lowest BCUT2D eigenvalue weighted by Crippen LogP contribution is -2.30. The van der Waals surface area contributed by atoms with E-state index in [0.29, 0.717) is 19.3 Å². The summed E-state index contributed by atoms with van der Waals surface area (Å²) in [5.41, 5.74) is 0. The lowest BCUT2D eigenvalue weighted by molar-refractivity contribution is -0.167. The number of ether oxygens (including phenoxy) is 3. The lowest BCUT2D eigenvalue weighted by atomic mass is 10.1. The summed E-state index contributed by atoms with van der Waals surface area (Å²) in [7, 11) is 0. The average molecular weight is 873 g/mol. The maximum Gasteiger partial charge on any atom is 0.306 e. The molecule has 0 aromatic rings. The Bertz CT molecular complexity index is 1260. The van der Waals surface area contributed by atoms with Crippen molar-refractivity contribution in [2.75, 3.05) is 13.2 Å². The summed E-state index contributed by atoms with van der Waals surface area (Å²) >= 11 is 0. The summed E-state index contributed by atoms with van der Waals surface area (Å²) in [6, 6.07) is 0. The number of allylic oxidation sites excluding steroid dienone is 18. The first-order chi connectivity index (χ1) is 31.0. The van der Waals surface area contributed by atoms with Crippen molar-refractivity contribution in [2.24, 2.45) is 0 Å². The van der Waals surface area contributed by atoms with Gasteiger partial charge in [0.2, 0.25) is 0 Å². The smallest absolute Gasteiger partial charge is 0.306 e. The first-order valence-electron chi connectivity index (χ1n) is 25.5. The van der Waals surface area contributed by atoms with Crippen molar-refractivity contribution in [1.82, 2.24) is 0 Å². The van der Waals surface area contributed by atoms with E-state index in [1.54, 1.807) is 0 Å². The predicted octanol–water partition coefficient (Wildman–Crippen LogP) is 16.8. The quantitative estimate of drug-likeness (QED) is 0.0263. The molecule has 0 fully saturated rings. The van der Waals surface area contributed by atoms with Crippen molar-refractivity contribution in [3.8, 4) is 0 Å². The molecule has 0 spiro atoms. The van der Waals surface area contributed by atoms with Crippen molar-refractivity contribution in [2.45, 2.75) is 219 Å². The van der Waals surface area contributed by atoms with Gasteiger partial charge in [-0.2, -0.15) is 0 Å². The van der Waals surface area contributed by atoms with Gasteiger partial charge in [0, 0.05) is 19.3 Å². The molecule has 0 saturated carbocycles. The number of hydrogen-bond donors (Lipinski definition) is 0. The van der Waals surface area contributed by atoms with E-state index in [1.165, 1.54) is 38.5 Å². The largest absolute Gasteiger partial charge is 0.462 e. The van der Waals surface area contributed by atoms with E-state index in [0.717, 1.165) is 135 Å². The highest BCUT2D eigenvalue weighted by Gasteiger charge is 2.19. The average Bonchev–Trinajstić information content (AvgIpc) is 3.28. The van der Waals surface area contributed by atoms with E-state index in [1.807, 2.05) is 0 Å². The molecule has 0 atom stereocenters. The molecule has 0 unspecified atom stereocenters. The third-order valence-corrected chi connectivity index (χ3v) is 10.4. The molecule has 0 N–H and O–H groups in total. The molecular formula is C57H92O6. The molecular weight excluding hydrogens is 781 g/mol. The molecule has 0 aliphatic heterocycles. The van der Waals surface area contributed by atoms with Gasteiger partial charge in [0.1, 0.15) is 13.2 Å². The number of hydrogen-bond acceptors (Lipinski definition) is 6. The second kappa shape index (κ2) is 50.7. The summed E-state index contributed by atoms with van der Waals surface area (Å²) in [6.45, 7) is 6.41. The Morgan fingerprint density at radius 1 is 0.317 bits per heavy atom. The fourth-order valence-corrected chi connectivity index (χ4v) is 6.46. The van der Waals surface area contributed by atoms with Crippen LogP contribution < -0.4 is 0 Å². The van der Waals surface area contributed by atoms with Gasteiger partial charge in [0.15, 0.2) is 6.10 Å². The van der Waals surface area contributed by atoms with Crippen LogP contribution in [0.4, 0.5) is 0 Å². The second-order valence-corrected chi connectivity index (χ2v) is 16.5. The Morgan fingerprint density at radius 3 is 0.873 bits per heavy atom. The zero-order chi connectivity index (χ0) is 45.8. The van der Waals surface area contributed by atoms with Crippen LogP contribution in [0, 0.1) is 0 Å². The molecule has 0 aliphatic carbocycles. The number of esters is 3. The summed E-state index contributed by atoms with van der Waals surface area (Å²) in [5.74, 6) is -0.971. The molecule has 0 bridgehead atoms. The van der Waals surface area contributed by atoms with Crippen LogP contribution in [0.5, 0.6) is 0 Å². The fourth-order valence-electron chi connectivity index (χ4n) is 6.46. The van der Waals surface area contributed by atoms with Crippen LogP contribution in [-0.4, -0.2) is 37.2 Å². The van der Waals surface area contributed by atoms with E-state index in [-0.39, 0.29) is 31.1 Å². The number of unbranched alkanes of at least 4 members (excludes halogenated alkanes) is 21. The van der Waals surface area contributed by atoms with E-state index >= 15 is 0 Å². The van der Waals surface area contributed by atoms with Crippen LogP contribution in [0.25, 0.3) is 0 Å². The van der Waals surface area contributed by atoms with Crippen LogP contribution in [0.3, 0.4) is 0 Å². The highest BCUT2D eigenvalue weighted by molar-refractivity contribution is 5.71. The van der Waals surface area contributed by atoms with E-state index in [2.05, 4.69) is 130 Å². The predicted molar refractivity (Wildman–Crippen MR) is 270 cm³/mol. The Balaban J connectivity index is 4.53. The van der Waals surface area contributed by atoms with Crippen LogP contribution >= 0.6 is 0 Å². The number of rotatable bonds is 44. The minimum Gasteiger partial charge on any atom is -0.462 e. The van der Waals surface area contributed by atoms with Gasteiger partial charge in [-0.1, -0.05) is 226 Å². The third-order valence-electron chi connectivity index (χ3n) is 10.4. The van der Waals surface area contributed by atoms with Crippen molar-refractivity contribution in [1.29, 1.82) is 0 Å². The second-order valence-electron chi connectivity index (χ2n) is 16.5. The lowest BCUT2D eigenvalue weighted by Gasteiger charge is -2.18. The summed E-state index contributed by atoms with van der Waals surface area (Å²) < 4.78 is 16.7. The Kier molecular flexibility index (Phi) is 47.5. The molecule has 0 saturated heterocycles. The van der Waals surface area contributed by atoms with Gasteiger partial charge in [0.25, 0.3) is 0 Å². The minimum atomic E-state index is -0.807. The molecule has 0 aromatic carbocycles.